The van der Waals surface area contributed by atoms with Crippen LogP contribution in [0.1, 0.15) is 287 Å². The first kappa shape index (κ1) is 106. The highest BCUT2D eigenvalue weighted by atomic mass is 28.3. The van der Waals surface area contributed by atoms with E-state index in [0.29, 0.717) is 132 Å². The van der Waals surface area contributed by atoms with E-state index in [0.717, 1.165) is 74.1 Å². The second-order valence-electron chi connectivity index (χ2n) is 41.0. The fraction of sp³-hybridized carbons (Fsp3) is 0.677. The van der Waals surface area contributed by atoms with Crippen molar-refractivity contribution in [2.24, 2.45) is 17.6 Å². The van der Waals surface area contributed by atoms with Crippen molar-refractivity contribution < 1.29 is 73.2 Å². The second kappa shape index (κ2) is 44.7. The molecular formula is C93H153N15O15Si2. The topological polar surface area (TPSA) is 430 Å². The van der Waals surface area contributed by atoms with Gasteiger partial charge in [-0.3, -0.25) is 19.2 Å². The van der Waals surface area contributed by atoms with Crippen LogP contribution in [-0.4, -0.2) is 210 Å². The van der Waals surface area contributed by atoms with Gasteiger partial charge in [-0.25, -0.2) is 39.5 Å². The summed E-state index contributed by atoms with van der Waals surface area (Å²) in [5.41, 5.74) is 7.76. The van der Waals surface area contributed by atoms with Crippen LogP contribution >= 0.6 is 0 Å². The lowest BCUT2D eigenvalue weighted by molar-refractivity contribution is -0.118. The van der Waals surface area contributed by atoms with Crippen LogP contribution < -0.4 is 32.3 Å². The minimum Gasteiger partial charge on any atom is -0.444 e. The Morgan fingerprint density at radius 2 is 0.816 bits per heavy atom. The summed E-state index contributed by atoms with van der Waals surface area (Å²) in [6.45, 7) is 58.2. The first-order valence-corrected chi connectivity index (χ1v) is 52.0. The molecule has 6 heterocycles. The van der Waals surface area contributed by atoms with Gasteiger partial charge >= 0.3 is 12.2 Å². The molecule has 11 atom stereocenters. The molecular weight excluding hydrogens is 1620 g/mol. The Hall–Kier alpha value is -8.19. The van der Waals surface area contributed by atoms with E-state index in [1.165, 1.54) is 32.6 Å². The SMILES string of the molecule is C=CC[C@](C)(O)[C@H](C)N.C=CC[C@](C)(O)[C@H](C)NC(=O)OC(C)(C)C.C=CC[C@](C)(O)[C@H](C)NC(=O)c1cn(COCC[Si](C)(C)C)c2ncc(C3CC3)nc12.CC(=O)[C@H](C)NC(=O)OC(C)(C)C.C[C@H](NC(=O)c1c[nH]c2ncc(C3CC3)nc12)[C@@](C)(O)CC1CC1.C[C@H](NC(=O)c1cn(COCC[Si](C)(C)C)c2ncc(C3CC3)nc12)[C@@](C)(O)CC1CC1. The number of hydrogen-bond donors (Lipinski definition) is 12. The first-order valence-electron chi connectivity index (χ1n) is 44.6. The number of nitrogens with two attached hydrogens (primary N) is 1. The zero-order valence-electron chi connectivity index (χ0n) is 79.5. The molecule has 5 fully saturated rings. The number of nitrogens with zero attached hydrogens (tertiary/aromatic N) is 8. The van der Waals surface area contributed by atoms with E-state index in [2.05, 4.69) is 111 Å². The Morgan fingerprint density at radius 1 is 0.488 bits per heavy atom. The molecule has 0 aliphatic heterocycles. The number of Topliss-reactive ketones (excluding diaryl/α,β-unsaturated/α-hetero) is 1. The number of amides is 5. The van der Waals surface area contributed by atoms with E-state index in [4.69, 9.17) is 34.6 Å². The van der Waals surface area contributed by atoms with Crippen molar-refractivity contribution in [3.05, 3.63) is 109 Å². The second-order valence-corrected chi connectivity index (χ2v) is 52.2. The molecule has 5 aliphatic carbocycles. The highest BCUT2D eigenvalue weighted by Crippen LogP contribution is 2.43. The summed E-state index contributed by atoms with van der Waals surface area (Å²) in [4.78, 5) is 103. The largest absolute Gasteiger partial charge is 0.444 e. The number of hydrogen-bond acceptors (Lipinski definition) is 22. The highest BCUT2D eigenvalue weighted by Gasteiger charge is 2.40. The molecule has 5 amide bonds. The van der Waals surface area contributed by atoms with E-state index < -0.39 is 85.7 Å². The van der Waals surface area contributed by atoms with Crippen LogP contribution in [0.25, 0.3) is 33.5 Å². The molecule has 5 saturated carbocycles. The number of nitrogens with one attached hydrogen (secondary N) is 6. The number of rotatable bonds is 37. The van der Waals surface area contributed by atoms with E-state index in [1.54, 1.807) is 140 Å². The van der Waals surface area contributed by atoms with Crippen molar-refractivity contribution >= 4 is 85.3 Å². The number of fused-ring (bicyclic) bond motifs is 3. The zero-order chi connectivity index (χ0) is 93.9. The van der Waals surface area contributed by atoms with Crippen LogP contribution in [0.15, 0.2) is 75.1 Å². The van der Waals surface area contributed by atoms with Gasteiger partial charge in [0.05, 0.1) is 111 Å². The van der Waals surface area contributed by atoms with Gasteiger partial charge in [0.2, 0.25) is 0 Å². The highest BCUT2D eigenvalue weighted by molar-refractivity contribution is 6.76. The quantitative estimate of drug-likeness (QED) is 0.00979. The van der Waals surface area contributed by atoms with Crippen molar-refractivity contribution in [1.82, 2.24) is 70.6 Å². The fourth-order valence-corrected chi connectivity index (χ4v) is 14.2. The van der Waals surface area contributed by atoms with E-state index in [9.17, 15) is 54.3 Å². The number of ketones is 1. The predicted molar refractivity (Wildman–Crippen MR) is 498 cm³/mol. The molecule has 0 bridgehead atoms. The summed E-state index contributed by atoms with van der Waals surface area (Å²) in [6, 6.07) is -0.0659. The number of aliphatic hydroxyl groups is 5. The van der Waals surface area contributed by atoms with Gasteiger partial charge in [-0.1, -0.05) is 83.2 Å². The Balaban J connectivity index is 0.000000243. The lowest BCUT2D eigenvalue weighted by Gasteiger charge is -2.31. The molecule has 0 aromatic carbocycles. The van der Waals surface area contributed by atoms with Gasteiger partial charge in [-0.2, -0.15) is 0 Å². The lowest BCUT2D eigenvalue weighted by Crippen LogP contribution is -2.50. The Bertz CT molecular complexity index is 4580. The number of ether oxygens (including phenoxy) is 4. The van der Waals surface area contributed by atoms with Gasteiger partial charge in [-0.05, 0) is 219 Å². The maximum absolute atomic E-state index is 13.3. The van der Waals surface area contributed by atoms with E-state index >= 15 is 0 Å². The average molecular weight is 1780 g/mol. The summed E-state index contributed by atoms with van der Waals surface area (Å²) >= 11 is 0. The maximum atomic E-state index is 13.3. The Labute approximate surface area is 744 Å². The first-order chi connectivity index (χ1) is 57.8. The zero-order valence-corrected chi connectivity index (χ0v) is 81.5. The summed E-state index contributed by atoms with van der Waals surface area (Å²) in [5, 5.41) is 65.4. The molecule has 5 aliphatic rings. The normalized spacial score (nSPS) is 18.5. The van der Waals surface area contributed by atoms with Crippen molar-refractivity contribution in [3.8, 4) is 0 Å². The van der Waals surface area contributed by atoms with Crippen LogP contribution in [-0.2, 0) is 37.2 Å². The van der Waals surface area contributed by atoms with E-state index in [-0.39, 0.29) is 41.6 Å². The minimum atomic E-state index is -1.18. The molecule has 0 spiro atoms. The number of carbonyl (C=O) groups is 6. The third kappa shape index (κ3) is 35.8. The van der Waals surface area contributed by atoms with Gasteiger partial charge in [0.25, 0.3) is 17.7 Å². The summed E-state index contributed by atoms with van der Waals surface area (Å²) in [6.07, 6.45) is 28.8. The van der Waals surface area contributed by atoms with Crippen molar-refractivity contribution in [3.63, 3.8) is 0 Å². The molecule has 30 nitrogen and oxygen atoms in total. The molecule has 11 rings (SSSR count). The van der Waals surface area contributed by atoms with Crippen LogP contribution in [0.3, 0.4) is 0 Å². The predicted octanol–water partition coefficient (Wildman–Crippen LogP) is 15.2. The van der Waals surface area contributed by atoms with Gasteiger partial charge < -0.3 is 90.9 Å². The number of alkyl carbamates (subject to hydrolysis) is 2. The molecule has 32 heteroatoms. The standard InChI is InChI=1S/C24H38N4O3Si.C23H36N4O3Si.C18H24N4O2.C12H23NO3.C9H17NO3.C7H15NO/c1-16(24(2,30)12-17-6-7-17)26-23(29)19-14-28(15-31-10-11-32(3,4)5)22-21(19)27-20(13-25-22)18-8-9-18;1-7-10-23(3,29)16(2)25-22(28)18-14-27(15-30-11-12-31(4,5)6)21-20(18)26-19(13-24-21)17-8-9-17;1-10(18(2,24)7-11-3-4-11)21-17(23)13-8-19-16-15(13)22-14(9-20-16)12-5-6-12;1-7-8-12(6,15)9(2)13-10(14)16-11(3,4)5;1-6(7(2)11)10-8(12)13-9(3,4)5;1-4-5-7(3,9)6(2)8/h13-14,16-18,30H,6-12,15H2,1-5H3,(H,26,29);7,13-14,16-17,29H,1,8-12,15H2,2-6H3,(H,25,28);8-12,24H,3-7H2,1-2H3,(H,19,20)(H,21,23);7,9,15H,1,8H2,2-6H3,(H,13,14);6H,1-5H3,(H,10,12);4,6,9H,1,5,8H2,2-3H3/t16-,24-;16-,23-;10-,18-;9-,12-;6-;6-,7-/m000000/s1. The number of carbonyl (C=O) groups excluding carboxylic acids is 6. The van der Waals surface area contributed by atoms with Crippen LogP contribution in [0.2, 0.25) is 51.4 Å². The molecule has 6 aromatic heterocycles. The van der Waals surface area contributed by atoms with Gasteiger partial charge in [0.1, 0.15) is 41.2 Å². The summed E-state index contributed by atoms with van der Waals surface area (Å²) in [7, 11) is -2.34. The molecule has 0 unspecified atom stereocenters. The summed E-state index contributed by atoms with van der Waals surface area (Å²) in [5.74, 6) is 1.76. The van der Waals surface area contributed by atoms with E-state index in [1.807, 2.05) is 42.3 Å². The molecule has 0 radical (unpaired) electrons. The Morgan fingerprint density at radius 3 is 1.14 bits per heavy atom. The van der Waals surface area contributed by atoms with Crippen molar-refractivity contribution in [1.29, 1.82) is 0 Å². The van der Waals surface area contributed by atoms with Gasteiger partial charge in [0.15, 0.2) is 22.7 Å². The van der Waals surface area contributed by atoms with Crippen molar-refractivity contribution in [2.75, 3.05) is 13.2 Å². The van der Waals surface area contributed by atoms with Crippen LogP contribution in [0, 0.1) is 11.8 Å². The molecule has 125 heavy (non-hydrogen) atoms. The van der Waals surface area contributed by atoms with Gasteiger partial charge in [0, 0.05) is 71.7 Å². The molecule has 698 valence electrons. The Kier molecular flexibility index (Phi) is 37.8. The van der Waals surface area contributed by atoms with Crippen LogP contribution in [0.4, 0.5) is 9.59 Å². The maximum Gasteiger partial charge on any atom is 0.408 e. The lowest BCUT2D eigenvalue weighted by atomic mass is 9.91. The molecule has 13 N–H and O–H groups in total. The third-order valence-electron chi connectivity index (χ3n) is 23.0. The number of aromatic amines is 1. The molecule has 0 saturated heterocycles. The van der Waals surface area contributed by atoms with Crippen LogP contribution in [0.5, 0.6) is 0 Å². The van der Waals surface area contributed by atoms with Gasteiger partial charge in [-0.15, -0.1) is 19.7 Å². The molecule has 6 aromatic rings. The number of H-pyrrole nitrogens is 1. The third-order valence-corrected chi connectivity index (χ3v) is 26.5. The van der Waals surface area contributed by atoms with Crippen molar-refractivity contribution in [2.45, 2.75) is 379 Å². The number of aromatic nitrogens is 9. The monoisotopic (exact) mass is 1780 g/mol. The minimum absolute atomic E-state index is 0.0918. The average Bonchev–Trinajstić information content (AvgIpc) is 1.74. The summed E-state index contributed by atoms with van der Waals surface area (Å²) < 4.78 is 25.6. The fourth-order valence-electron chi connectivity index (χ4n) is 12.6. The smallest absolute Gasteiger partial charge is 0.408 e.